The monoisotopic (exact) mass is 289 g/mol. The molecule has 0 radical (unpaired) electrons. The van der Waals surface area contributed by atoms with E-state index in [4.69, 9.17) is 9.15 Å². The first-order valence-corrected chi connectivity index (χ1v) is 6.35. The molecule has 0 aliphatic carbocycles. The van der Waals surface area contributed by atoms with Crippen molar-refractivity contribution in [2.45, 2.75) is 13.0 Å². The molecule has 6 nitrogen and oxygen atoms in total. The topological polar surface area (TPSA) is 76.8 Å². The summed E-state index contributed by atoms with van der Waals surface area (Å²) < 4.78 is 10.1. The summed E-state index contributed by atoms with van der Waals surface area (Å²) in [6.45, 7) is 1.45. The van der Waals surface area contributed by atoms with Crippen LogP contribution in [-0.2, 0) is 9.53 Å². The van der Waals surface area contributed by atoms with Crippen LogP contribution in [0.25, 0.3) is 11.0 Å². The van der Waals surface area contributed by atoms with Crippen molar-refractivity contribution in [3.63, 3.8) is 0 Å². The molecule has 1 atom stereocenters. The Bertz CT molecular complexity index is 747. The standard InChI is InChI=1S/C15H15NO5/c1-9(13(17)16(2)3)20-14(18)11-8-10-6-4-5-7-12(10)21-15(11)19/h4-9H,1-3H3/t9-/m1/s1. The zero-order chi connectivity index (χ0) is 15.6. The number of carbonyl (C=O) groups is 2. The smallest absolute Gasteiger partial charge is 0.351 e. The Balaban J connectivity index is 2.29. The van der Waals surface area contributed by atoms with Gasteiger partial charge in [-0.3, -0.25) is 4.79 Å². The highest BCUT2D eigenvalue weighted by Gasteiger charge is 2.22. The molecule has 0 N–H and O–H groups in total. The van der Waals surface area contributed by atoms with Gasteiger partial charge in [0.2, 0.25) is 0 Å². The number of para-hydroxylation sites is 1. The molecule has 0 aliphatic rings. The van der Waals surface area contributed by atoms with Gasteiger partial charge in [-0.05, 0) is 19.1 Å². The van der Waals surface area contributed by atoms with Crippen LogP contribution < -0.4 is 5.63 Å². The lowest BCUT2D eigenvalue weighted by atomic mass is 10.2. The number of benzene rings is 1. The number of fused-ring (bicyclic) bond motifs is 1. The zero-order valence-electron chi connectivity index (χ0n) is 12.0. The van der Waals surface area contributed by atoms with Crippen molar-refractivity contribution in [1.82, 2.24) is 4.90 Å². The molecule has 1 amide bonds. The van der Waals surface area contributed by atoms with Gasteiger partial charge in [0.1, 0.15) is 11.1 Å². The molecule has 0 spiro atoms. The van der Waals surface area contributed by atoms with Crippen molar-refractivity contribution in [3.05, 3.63) is 46.3 Å². The normalized spacial score (nSPS) is 12.0. The van der Waals surface area contributed by atoms with Crippen LogP contribution in [0.3, 0.4) is 0 Å². The number of nitrogens with zero attached hydrogens (tertiary/aromatic N) is 1. The van der Waals surface area contributed by atoms with E-state index < -0.39 is 17.7 Å². The van der Waals surface area contributed by atoms with E-state index in [1.807, 2.05) is 0 Å². The zero-order valence-corrected chi connectivity index (χ0v) is 12.0. The van der Waals surface area contributed by atoms with Gasteiger partial charge in [0.05, 0.1) is 0 Å². The molecule has 0 saturated heterocycles. The van der Waals surface area contributed by atoms with Crippen LogP contribution in [0.15, 0.2) is 39.5 Å². The quantitative estimate of drug-likeness (QED) is 0.631. The van der Waals surface area contributed by atoms with Crippen LogP contribution in [0.5, 0.6) is 0 Å². The Labute approximate surface area is 120 Å². The Morgan fingerprint density at radius 1 is 1.24 bits per heavy atom. The molecule has 110 valence electrons. The Morgan fingerprint density at radius 2 is 1.90 bits per heavy atom. The molecule has 2 rings (SSSR count). The van der Waals surface area contributed by atoms with E-state index in [2.05, 4.69) is 0 Å². The fourth-order valence-corrected chi connectivity index (χ4v) is 1.84. The predicted octanol–water partition coefficient (Wildman–Crippen LogP) is 1.43. The minimum absolute atomic E-state index is 0.230. The third-order valence-electron chi connectivity index (χ3n) is 2.93. The number of esters is 1. The average Bonchev–Trinajstić information content (AvgIpc) is 2.45. The van der Waals surface area contributed by atoms with Crippen molar-refractivity contribution < 1.29 is 18.7 Å². The van der Waals surface area contributed by atoms with Crippen LogP contribution >= 0.6 is 0 Å². The largest absolute Gasteiger partial charge is 0.449 e. The average molecular weight is 289 g/mol. The van der Waals surface area contributed by atoms with Crippen molar-refractivity contribution in [2.75, 3.05) is 14.1 Å². The van der Waals surface area contributed by atoms with Gasteiger partial charge in [-0.1, -0.05) is 18.2 Å². The first-order chi connectivity index (χ1) is 9.90. The second kappa shape index (κ2) is 5.78. The fraction of sp³-hybridized carbons (Fsp3) is 0.267. The lowest BCUT2D eigenvalue weighted by molar-refractivity contribution is -0.137. The summed E-state index contributed by atoms with van der Waals surface area (Å²) in [5, 5.41) is 0.607. The summed E-state index contributed by atoms with van der Waals surface area (Å²) in [6.07, 6.45) is -0.974. The van der Waals surface area contributed by atoms with Gasteiger partial charge >= 0.3 is 11.6 Å². The van der Waals surface area contributed by atoms with E-state index in [1.54, 1.807) is 38.4 Å². The summed E-state index contributed by atoms with van der Waals surface area (Å²) in [5.41, 5.74) is -0.633. The summed E-state index contributed by atoms with van der Waals surface area (Å²) in [5.74, 6) is -1.24. The molecule has 0 aliphatic heterocycles. The van der Waals surface area contributed by atoms with Crippen LogP contribution in [0.4, 0.5) is 0 Å². The molecule has 21 heavy (non-hydrogen) atoms. The SMILES string of the molecule is C[C@@H](OC(=O)c1cc2ccccc2oc1=O)C(=O)N(C)C. The first kappa shape index (κ1) is 14.8. The van der Waals surface area contributed by atoms with Crippen LogP contribution in [-0.4, -0.2) is 37.0 Å². The number of amides is 1. The van der Waals surface area contributed by atoms with Crippen LogP contribution in [0, 0.1) is 0 Å². The lowest BCUT2D eigenvalue weighted by Gasteiger charge is -2.16. The van der Waals surface area contributed by atoms with E-state index in [0.29, 0.717) is 11.0 Å². The summed E-state index contributed by atoms with van der Waals surface area (Å²) >= 11 is 0. The molecule has 0 saturated carbocycles. The molecule has 0 bridgehead atoms. The number of rotatable bonds is 3. The van der Waals surface area contributed by atoms with Crippen molar-refractivity contribution in [3.8, 4) is 0 Å². The third kappa shape index (κ3) is 3.10. The maximum absolute atomic E-state index is 12.0. The van der Waals surface area contributed by atoms with Crippen molar-refractivity contribution in [1.29, 1.82) is 0 Å². The first-order valence-electron chi connectivity index (χ1n) is 6.35. The Hall–Kier alpha value is -2.63. The molecule has 0 fully saturated rings. The second-order valence-electron chi connectivity index (χ2n) is 4.77. The molecular weight excluding hydrogens is 274 g/mol. The maximum atomic E-state index is 12.0. The molecular formula is C15H15NO5. The van der Waals surface area contributed by atoms with Gasteiger partial charge in [-0.25, -0.2) is 9.59 Å². The maximum Gasteiger partial charge on any atom is 0.351 e. The third-order valence-corrected chi connectivity index (χ3v) is 2.93. The van der Waals surface area contributed by atoms with Crippen LogP contribution in [0.1, 0.15) is 17.3 Å². The van der Waals surface area contributed by atoms with Crippen LogP contribution in [0.2, 0.25) is 0 Å². The number of hydrogen-bond acceptors (Lipinski definition) is 5. The number of carbonyl (C=O) groups excluding carboxylic acids is 2. The van der Waals surface area contributed by atoms with Crippen molar-refractivity contribution in [2.24, 2.45) is 0 Å². The minimum Gasteiger partial charge on any atom is -0.449 e. The van der Waals surface area contributed by atoms with Gasteiger partial charge in [0, 0.05) is 19.5 Å². The number of likely N-dealkylation sites (N-methyl/N-ethyl adjacent to an activating group) is 1. The minimum atomic E-state index is -0.974. The van der Waals surface area contributed by atoms with Gasteiger partial charge in [-0.15, -0.1) is 0 Å². The molecule has 6 heteroatoms. The Kier molecular flexibility index (Phi) is 4.07. The molecule has 2 aromatic rings. The molecule has 1 heterocycles. The van der Waals surface area contributed by atoms with Gasteiger partial charge in [-0.2, -0.15) is 0 Å². The van der Waals surface area contributed by atoms with E-state index in [1.165, 1.54) is 17.9 Å². The van der Waals surface area contributed by atoms with Crippen molar-refractivity contribution >= 4 is 22.8 Å². The molecule has 1 aromatic carbocycles. The van der Waals surface area contributed by atoms with E-state index in [9.17, 15) is 14.4 Å². The Morgan fingerprint density at radius 3 is 2.57 bits per heavy atom. The fourth-order valence-electron chi connectivity index (χ4n) is 1.84. The summed E-state index contributed by atoms with van der Waals surface area (Å²) in [7, 11) is 3.11. The lowest BCUT2D eigenvalue weighted by Crippen LogP contribution is -2.35. The summed E-state index contributed by atoms with van der Waals surface area (Å²) in [4.78, 5) is 36.8. The number of hydrogen-bond donors (Lipinski definition) is 0. The van der Waals surface area contributed by atoms with E-state index >= 15 is 0 Å². The van der Waals surface area contributed by atoms with Gasteiger partial charge < -0.3 is 14.1 Å². The highest BCUT2D eigenvalue weighted by molar-refractivity contribution is 5.94. The molecule has 0 unspecified atom stereocenters. The highest BCUT2D eigenvalue weighted by Crippen LogP contribution is 2.13. The number of ether oxygens (including phenoxy) is 1. The highest BCUT2D eigenvalue weighted by atomic mass is 16.5. The second-order valence-corrected chi connectivity index (χ2v) is 4.77. The summed E-state index contributed by atoms with van der Waals surface area (Å²) in [6, 6.07) is 8.22. The molecule has 1 aromatic heterocycles. The predicted molar refractivity (Wildman–Crippen MR) is 76.1 cm³/mol. The van der Waals surface area contributed by atoms with Gasteiger partial charge in [0.15, 0.2) is 6.10 Å². The van der Waals surface area contributed by atoms with E-state index in [0.717, 1.165) is 0 Å². The van der Waals surface area contributed by atoms with Gasteiger partial charge in [0.25, 0.3) is 5.91 Å². The van der Waals surface area contributed by atoms with E-state index in [-0.39, 0.29) is 11.5 Å².